The molecule has 0 radical (unpaired) electrons. The third kappa shape index (κ3) is 2.38. The van der Waals surface area contributed by atoms with Gasteiger partial charge in [0.05, 0.1) is 6.04 Å². The van der Waals surface area contributed by atoms with Crippen molar-refractivity contribution >= 4 is 11.3 Å². The van der Waals surface area contributed by atoms with Gasteiger partial charge in [-0.1, -0.05) is 6.92 Å². The maximum absolute atomic E-state index is 4.55. The summed E-state index contributed by atoms with van der Waals surface area (Å²) in [4.78, 5) is 10.7. The lowest BCUT2D eigenvalue weighted by Gasteiger charge is -2.36. The van der Waals surface area contributed by atoms with Gasteiger partial charge in [-0.3, -0.25) is 4.90 Å². The molecule has 0 spiro atoms. The van der Waals surface area contributed by atoms with Crippen molar-refractivity contribution in [1.82, 2.24) is 14.8 Å². The molecule has 3 nitrogen and oxygen atoms in total. The molecule has 1 aliphatic heterocycles. The van der Waals surface area contributed by atoms with Gasteiger partial charge in [-0.15, -0.1) is 11.3 Å². The maximum Gasteiger partial charge on any atom is 0.111 e. The topological polar surface area (TPSA) is 19.4 Å². The van der Waals surface area contributed by atoms with Crippen LogP contribution in [0.4, 0.5) is 0 Å². The first-order valence-electron chi connectivity index (χ1n) is 5.54. The lowest BCUT2D eigenvalue weighted by molar-refractivity contribution is 0.115. The number of hydrogen-bond acceptors (Lipinski definition) is 4. The number of rotatable bonds is 2. The van der Waals surface area contributed by atoms with Gasteiger partial charge in [0, 0.05) is 30.7 Å². The summed E-state index contributed by atoms with van der Waals surface area (Å²) in [6.07, 6.45) is 3.13. The van der Waals surface area contributed by atoms with Gasteiger partial charge in [0.25, 0.3) is 0 Å². The third-order valence-corrected chi connectivity index (χ3v) is 4.30. The first kappa shape index (κ1) is 11.0. The standard InChI is InChI=1S/C11H19N3S/c1-4-9-7-12-11(15-9)10-8-13(2)5-6-14(10)3/h7,10H,4-6,8H2,1-3H3. The fourth-order valence-electron chi connectivity index (χ4n) is 1.92. The highest BCUT2D eigenvalue weighted by molar-refractivity contribution is 7.11. The zero-order valence-electron chi connectivity index (χ0n) is 9.73. The van der Waals surface area contributed by atoms with Crippen LogP contribution in [0.2, 0.25) is 0 Å². The Morgan fingerprint density at radius 3 is 2.93 bits per heavy atom. The Kier molecular flexibility index (Phi) is 3.38. The maximum atomic E-state index is 4.55. The number of aromatic nitrogens is 1. The van der Waals surface area contributed by atoms with E-state index in [-0.39, 0.29) is 0 Å². The van der Waals surface area contributed by atoms with Gasteiger partial charge in [0.1, 0.15) is 5.01 Å². The van der Waals surface area contributed by atoms with E-state index in [0.29, 0.717) is 6.04 Å². The van der Waals surface area contributed by atoms with E-state index < -0.39 is 0 Å². The molecular formula is C11H19N3S. The van der Waals surface area contributed by atoms with Gasteiger partial charge in [0.15, 0.2) is 0 Å². The summed E-state index contributed by atoms with van der Waals surface area (Å²) < 4.78 is 0. The molecule has 1 unspecified atom stereocenters. The highest BCUT2D eigenvalue weighted by Crippen LogP contribution is 2.27. The SMILES string of the molecule is CCc1cnc(C2CN(C)CCN2C)s1. The minimum Gasteiger partial charge on any atom is -0.303 e. The van der Waals surface area contributed by atoms with Gasteiger partial charge < -0.3 is 4.90 Å². The fraction of sp³-hybridized carbons (Fsp3) is 0.727. The smallest absolute Gasteiger partial charge is 0.111 e. The number of thiazole rings is 1. The second-order valence-corrected chi connectivity index (χ2v) is 5.42. The molecule has 0 amide bonds. The van der Waals surface area contributed by atoms with Crippen LogP contribution in [0.25, 0.3) is 0 Å². The van der Waals surface area contributed by atoms with Crippen molar-refractivity contribution in [2.75, 3.05) is 33.7 Å². The van der Waals surface area contributed by atoms with Crippen LogP contribution in [0, 0.1) is 0 Å². The van der Waals surface area contributed by atoms with Crippen molar-refractivity contribution in [2.45, 2.75) is 19.4 Å². The van der Waals surface area contributed by atoms with Crippen LogP contribution in [-0.4, -0.2) is 48.5 Å². The van der Waals surface area contributed by atoms with Crippen LogP contribution in [0.1, 0.15) is 22.9 Å². The predicted molar refractivity (Wildman–Crippen MR) is 64.4 cm³/mol. The molecule has 2 rings (SSSR count). The van der Waals surface area contributed by atoms with E-state index in [2.05, 4.69) is 35.8 Å². The normalized spacial score (nSPS) is 24.6. The van der Waals surface area contributed by atoms with Crippen molar-refractivity contribution in [3.63, 3.8) is 0 Å². The number of nitrogens with zero attached hydrogens (tertiary/aromatic N) is 3. The first-order valence-corrected chi connectivity index (χ1v) is 6.35. The molecule has 1 saturated heterocycles. The van der Waals surface area contributed by atoms with Gasteiger partial charge in [-0.25, -0.2) is 4.98 Å². The summed E-state index contributed by atoms with van der Waals surface area (Å²) in [6.45, 7) is 5.60. The summed E-state index contributed by atoms with van der Waals surface area (Å²) in [5.41, 5.74) is 0. The Morgan fingerprint density at radius 1 is 1.47 bits per heavy atom. The highest BCUT2D eigenvalue weighted by Gasteiger charge is 2.25. The Labute approximate surface area is 95.7 Å². The van der Waals surface area contributed by atoms with Crippen LogP contribution in [0.15, 0.2) is 6.20 Å². The molecule has 1 fully saturated rings. The molecule has 0 bridgehead atoms. The molecule has 1 aromatic heterocycles. The second kappa shape index (κ2) is 4.60. The molecule has 0 saturated carbocycles. The summed E-state index contributed by atoms with van der Waals surface area (Å²) >= 11 is 1.87. The zero-order chi connectivity index (χ0) is 10.8. The van der Waals surface area contributed by atoms with Crippen LogP contribution in [0.5, 0.6) is 0 Å². The molecule has 1 atom stereocenters. The predicted octanol–water partition coefficient (Wildman–Crippen LogP) is 1.62. The molecule has 0 N–H and O–H groups in total. The largest absolute Gasteiger partial charge is 0.303 e. The molecule has 84 valence electrons. The van der Waals surface area contributed by atoms with Gasteiger partial charge in [0.2, 0.25) is 0 Å². The Morgan fingerprint density at radius 2 is 2.27 bits per heavy atom. The quantitative estimate of drug-likeness (QED) is 0.762. The number of hydrogen-bond donors (Lipinski definition) is 0. The number of likely N-dealkylation sites (N-methyl/N-ethyl adjacent to an activating group) is 2. The average molecular weight is 225 g/mol. The second-order valence-electron chi connectivity index (χ2n) is 4.28. The van der Waals surface area contributed by atoms with Crippen molar-refractivity contribution in [3.8, 4) is 0 Å². The molecular weight excluding hydrogens is 206 g/mol. The third-order valence-electron chi connectivity index (χ3n) is 3.06. The first-order chi connectivity index (χ1) is 7.20. The monoisotopic (exact) mass is 225 g/mol. The molecule has 1 aliphatic rings. The lowest BCUT2D eigenvalue weighted by atomic mass is 10.2. The lowest BCUT2D eigenvalue weighted by Crippen LogP contribution is -2.44. The molecule has 4 heteroatoms. The van der Waals surface area contributed by atoms with Gasteiger partial charge in [-0.2, -0.15) is 0 Å². The molecule has 15 heavy (non-hydrogen) atoms. The summed E-state index contributed by atoms with van der Waals surface area (Å²) in [6, 6.07) is 0.494. The van der Waals surface area contributed by atoms with Crippen molar-refractivity contribution in [3.05, 3.63) is 16.1 Å². The van der Waals surface area contributed by atoms with E-state index >= 15 is 0 Å². The minimum absolute atomic E-state index is 0.494. The van der Waals surface area contributed by atoms with Crippen molar-refractivity contribution < 1.29 is 0 Å². The van der Waals surface area contributed by atoms with E-state index in [1.165, 1.54) is 16.4 Å². The van der Waals surface area contributed by atoms with E-state index in [1.54, 1.807) is 0 Å². The number of piperazine rings is 1. The molecule has 1 aromatic rings. The van der Waals surface area contributed by atoms with E-state index in [4.69, 9.17) is 0 Å². The Balaban J connectivity index is 2.13. The van der Waals surface area contributed by atoms with Crippen LogP contribution in [-0.2, 0) is 6.42 Å². The Bertz CT molecular complexity index is 323. The van der Waals surface area contributed by atoms with E-state index in [9.17, 15) is 0 Å². The molecule has 0 aromatic carbocycles. The Hall–Kier alpha value is -0.450. The van der Waals surface area contributed by atoms with Crippen LogP contribution >= 0.6 is 11.3 Å². The molecule has 2 heterocycles. The van der Waals surface area contributed by atoms with E-state index in [1.807, 2.05) is 17.5 Å². The summed E-state index contributed by atoms with van der Waals surface area (Å²) in [7, 11) is 4.39. The van der Waals surface area contributed by atoms with Crippen molar-refractivity contribution in [2.24, 2.45) is 0 Å². The zero-order valence-corrected chi connectivity index (χ0v) is 10.5. The van der Waals surface area contributed by atoms with E-state index in [0.717, 1.165) is 19.5 Å². The fourth-order valence-corrected chi connectivity index (χ4v) is 2.93. The van der Waals surface area contributed by atoms with Crippen LogP contribution in [0.3, 0.4) is 0 Å². The average Bonchev–Trinajstić information content (AvgIpc) is 2.70. The van der Waals surface area contributed by atoms with Crippen LogP contribution < -0.4 is 0 Å². The minimum atomic E-state index is 0.494. The van der Waals surface area contributed by atoms with Gasteiger partial charge >= 0.3 is 0 Å². The summed E-state index contributed by atoms with van der Waals surface area (Å²) in [5, 5.41) is 1.28. The van der Waals surface area contributed by atoms with Gasteiger partial charge in [-0.05, 0) is 20.5 Å². The van der Waals surface area contributed by atoms with Crippen molar-refractivity contribution in [1.29, 1.82) is 0 Å². The molecule has 0 aliphatic carbocycles. The summed E-state index contributed by atoms with van der Waals surface area (Å²) in [5.74, 6) is 0. The highest BCUT2D eigenvalue weighted by atomic mass is 32.1. The number of aryl methyl sites for hydroxylation is 1.